The van der Waals surface area contributed by atoms with E-state index in [2.05, 4.69) is 5.32 Å². The number of thioether (sulfide) groups is 1. The largest absolute Gasteiger partial charge is 0.497 e. The molecule has 0 aliphatic carbocycles. The normalized spacial score (nSPS) is 11.0. The van der Waals surface area contributed by atoms with E-state index in [4.69, 9.17) is 9.15 Å². The Morgan fingerprint density at radius 1 is 1.00 bits per heavy atom. The Hall–Kier alpha value is -2.92. The van der Waals surface area contributed by atoms with Crippen molar-refractivity contribution in [3.8, 4) is 5.75 Å². The lowest BCUT2D eigenvalue weighted by Crippen LogP contribution is -2.14. The second-order valence-corrected chi connectivity index (χ2v) is 7.18. The standard InChI is InChI=1S/C22H19NO3S/c1-25-17-9-6-15(7-10-17)13-27-14-22(24)23-16-8-11-19-18-4-2-3-5-20(18)26-21(19)12-16/h2-12H,13-14H2,1H3,(H,23,24). The van der Waals surface area contributed by atoms with E-state index in [9.17, 15) is 4.79 Å². The van der Waals surface area contributed by atoms with Crippen LogP contribution in [0.15, 0.2) is 71.1 Å². The summed E-state index contributed by atoms with van der Waals surface area (Å²) in [7, 11) is 1.65. The molecule has 1 amide bonds. The molecule has 4 aromatic rings. The lowest BCUT2D eigenvalue weighted by atomic mass is 10.1. The van der Waals surface area contributed by atoms with Crippen LogP contribution in [-0.4, -0.2) is 18.8 Å². The van der Waals surface area contributed by atoms with Crippen LogP contribution >= 0.6 is 11.8 Å². The molecule has 0 radical (unpaired) electrons. The van der Waals surface area contributed by atoms with Crippen molar-refractivity contribution in [3.63, 3.8) is 0 Å². The number of carbonyl (C=O) groups is 1. The summed E-state index contributed by atoms with van der Waals surface area (Å²) >= 11 is 1.58. The Morgan fingerprint density at radius 3 is 2.59 bits per heavy atom. The third-order valence-corrected chi connectivity index (χ3v) is 5.33. The minimum atomic E-state index is -0.0241. The zero-order valence-corrected chi connectivity index (χ0v) is 15.7. The summed E-state index contributed by atoms with van der Waals surface area (Å²) in [6, 6.07) is 21.6. The molecule has 0 atom stereocenters. The molecule has 136 valence electrons. The van der Waals surface area contributed by atoms with Crippen molar-refractivity contribution in [3.05, 3.63) is 72.3 Å². The van der Waals surface area contributed by atoms with Gasteiger partial charge in [-0.2, -0.15) is 0 Å². The average Bonchev–Trinajstić information content (AvgIpc) is 3.06. The van der Waals surface area contributed by atoms with Crippen LogP contribution in [0.2, 0.25) is 0 Å². The van der Waals surface area contributed by atoms with E-state index in [1.165, 1.54) is 0 Å². The van der Waals surface area contributed by atoms with Crippen molar-refractivity contribution in [2.24, 2.45) is 0 Å². The third-order valence-electron chi connectivity index (χ3n) is 4.32. The fraction of sp³-hybridized carbons (Fsp3) is 0.136. The van der Waals surface area contributed by atoms with Crippen molar-refractivity contribution < 1.29 is 13.9 Å². The first-order chi connectivity index (χ1) is 13.2. The Labute approximate surface area is 161 Å². The van der Waals surface area contributed by atoms with E-state index in [1.54, 1.807) is 18.9 Å². The highest BCUT2D eigenvalue weighted by Gasteiger charge is 2.09. The highest BCUT2D eigenvalue weighted by molar-refractivity contribution is 7.99. The van der Waals surface area contributed by atoms with E-state index in [0.29, 0.717) is 5.75 Å². The van der Waals surface area contributed by atoms with Crippen molar-refractivity contribution in [2.45, 2.75) is 5.75 Å². The molecule has 4 rings (SSSR count). The molecular weight excluding hydrogens is 358 g/mol. The number of ether oxygens (including phenoxy) is 1. The van der Waals surface area contributed by atoms with Crippen LogP contribution in [0.1, 0.15) is 5.56 Å². The van der Waals surface area contributed by atoms with E-state index in [-0.39, 0.29) is 5.91 Å². The van der Waals surface area contributed by atoms with Crippen molar-refractivity contribution in [1.82, 2.24) is 0 Å². The molecule has 0 fully saturated rings. The molecule has 0 spiro atoms. The van der Waals surface area contributed by atoms with Crippen LogP contribution in [0.3, 0.4) is 0 Å². The van der Waals surface area contributed by atoms with Gasteiger partial charge in [0.05, 0.1) is 12.9 Å². The van der Waals surface area contributed by atoms with Gasteiger partial charge in [-0.1, -0.05) is 30.3 Å². The number of hydrogen-bond donors (Lipinski definition) is 1. The van der Waals surface area contributed by atoms with E-state index < -0.39 is 0 Å². The number of furan rings is 1. The molecule has 27 heavy (non-hydrogen) atoms. The molecule has 5 heteroatoms. The molecule has 3 aromatic carbocycles. The Morgan fingerprint density at radius 2 is 1.78 bits per heavy atom. The number of amides is 1. The van der Waals surface area contributed by atoms with Gasteiger partial charge in [-0.25, -0.2) is 0 Å². The van der Waals surface area contributed by atoms with Crippen LogP contribution in [0.25, 0.3) is 21.9 Å². The van der Waals surface area contributed by atoms with Gasteiger partial charge < -0.3 is 14.5 Å². The molecule has 1 aromatic heterocycles. The summed E-state index contributed by atoms with van der Waals surface area (Å²) in [5.41, 5.74) is 3.54. The molecule has 1 N–H and O–H groups in total. The number of fused-ring (bicyclic) bond motifs is 3. The maximum Gasteiger partial charge on any atom is 0.234 e. The fourth-order valence-corrected chi connectivity index (χ4v) is 3.77. The Balaban J connectivity index is 1.36. The van der Waals surface area contributed by atoms with Gasteiger partial charge in [0.25, 0.3) is 0 Å². The van der Waals surface area contributed by atoms with Gasteiger partial charge >= 0.3 is 0 Å². The topological polar surface area (TPSA) is 51.5 Å². The molecule has 0 aliphatic heterocycles. The molecular formula is C22H19NO3S. The van der Waals surface area contributed by atoms with Gasteiger partial charge in [-0.15, -0.1) is 11.8 Å². The zero-order chi connectivity index (χ0) is 18.6. The lowest BCUT2D eigenvalue weighted by molar-refractivity contribution is -0.113. The number of nitrogens with one attached hydrogen (secondary N) is 1. The number of carbonyl (C=O) groups excluding carboxylic acids is 1. The molecule has 0 unspecified atom stereocenters. The van der Waals surface area contributed by atoms with E-state index in [0.717, 1.165) is 44.7 Å². The first-order valence-corrected chi connectivity index (χ1v) is 9.80. The summed E-state index contributed by atoms with van der Waals surface area (Å²) in [5.74, 6) is 1.98. The second kappa shape index (κ2) is 7.76. The monoisotopic (exact) mass is 377 g/mol. The van der Waals surface area contributed by atoms with Gasteiger partial charge in [0.2, 0.25) is 5.91 Å². The fourth-order valence-electron chi connectivity index (χ4n) is 2.98. The number of para-hydroxylation sites is 1. The predicted molar refractivity (Wildman–Crippen MR) is 112 cm³/mol. The Bertz CT molecular complexity index is 1090. The highest BCUT2D eigenvalue weighted by Crippen LogP contribution is 2.30. The highest BCUT2D eigenvalue weighted by atomic mass is 32.2. The zero-order valence-electron chi connectivity index (χ0n) is 14.9. The van der Waals surface area contributed by atoms with Crippen molar-refractivity contribution >= 4 is 45.3 Å². The van der Waals surface area contributed by atoms with Gasteiger partial charge in [-0.05, 0) is 35.9 Å². The summed E-state index contributed by atoms with van der Waals surface area (Å²) in [6.07, 6.45) is 0. The third kappa shape index (κ3) is 3.93. The molecule has 0 saturated carbocycles. The van der Waals surface area contributed by atoms with Gasteiger partial charge in [0.1, 0.15) is 16.9 Å². The molecule has 0 saturated heterocycles. The quantitative estimate of drug-likeness (QED) is 0.484. The Kier molecular flexibility index (Phi) is 5.03. The SMILES string of the molecule is COc1ccc(CSCC(=O)Nc2ccc3c(c2)oc2ccccc23)cc1. The molecule has 1 heterocycles. The smallest absolute Gasteiger partial charge is 0.234 e. The number of hydrogen-bond acceptors (Lipinski definition) is 4. The number of anilines is 1. The van der Waals surface area contributed by atoms with E-state index >= 15 is 0 Å². The number of benzene rings is 3. The van der Waals surface area contributed by atoms with Crippen molar-refractivity contribution in [2.75, 3.05) is 18.2 Å². The molecule has 0 aliphatic rings. The van der Waals surface area contributed by atoms with Crippen LogP contribution in [0.4, 0.5) is 5.69 Å². The van der Waals surface area contributed by atoms with E-state index in [1.807, 2.05) is 66.7 Å². The predicted octanol–water partition coefficient (Wildman–Crippen LogP) is 5.47. The summed E-state index contributed by atoms with van der Waals surface area (Å²) in [6.45, 7) is 0. The van der Waals surface area contributed by atoms with Crippen LogP contribution in [-0.2, 0) is 10.5 Å². The van der Waals surface area contributed by atoms with Crippen molar-refractivity contribution in [1.29, 1.82) is 0 Å². The first kappa shape index (κ1) is 17.5. The van der Waals surface area contributed by atoms with Gasteiger partial charge in [-0.3, -0.25) is 4.79 Å². The van der Waals surface area contributed by atoms with Gasteiger partial charge in [0.15, 0.2) is 0 Å². The summed E-state index contributed by atoms with van der Waals surface area (Å²) < 4.78 is 11.0. The minimum absolute atomic E-state index is 0.0241. The summed E-state index contributed by atoms with van der Waals surface area (Å²) in [4.78, 5) is 12.2. The first-order valence-electron chi connectivity index (χ1n) is 8.65. The lowest BCUT2D eigenvalue weighted by Gasteiger charge is -2.06. The van der Waals surface area contributed by atoms with Crippen LogP contribution in [0, 0.1) is 0 Å². The average molecular weight is 377 g/mol. The summed E-state index contributed by atoms with van der Waals surface area (Å²) in [5, 5.41) is 5.08. The maximum atomic E-state index is 12.2. The molecule has 0 bridgehead atoms. The molecule has 4 nitrogen and oxygen atoms in total. The minimum Gasteiger partial charge on any atom is -0.497 e. The second-order valence-electron chi connectivity index (χ2n) is 6.20. The van der Waals surface area contributed by atoms with Gasteiger partial charge in [0, 0.05) is 28.3 Å². The maximum absolute atomic E-state index is 12.2. The number of methoxy groups -OCH3 is 1. The van der Waals surface area contributed by atoms with Crippen LogP contribution in [0.5, 0.6) is 5.75 Å². The van der Waals surface area contributed by atoms with Crippen LogP contribution < -0.4 is 10.1 Å². The number of rotatable bonds is 6.